The van der Waals surface area contributed by atoms with Gasteiger partial charge in [0.25, 0.3) is 0 Å². The molecule has 2 unspecified atom stereocenters. The molecule has 0 N–H and O–H groups in total. The first kappa shape index (κ1) is 22.9. The normalized spacial score (nSPS) is 20.3. The van der Waals surface area contributed by atoms with Crippen LogP contribution in [0.25, 0.3) is 0 Å². The SMILES string of the molecule is CCN(CC)c1ccc2c(c1)Oc1ccc(N3c4ccccc4CC3C)cc1C21OC(=O)c2ccccc21. The number of fused-ring (bicyclic) bond motifs is 7. The fourth-order valence-corrected chi connectivity index (χ4v) is 6.54. The summed E-state index contributed by atoms with van der Waals surface area (Å²) in [4.78, 5) is 18.0. The molecule has 0 fully saturated rings. The van der Waals surface area contributed by atoms with Crippen LogP contribution in [0.5, 0.6) is 11.5 Å². The van der Waals surface area contributed by atoms with Crippen LogP contribution in [0.1, 0.15) is 53.4 Å². The Morgan fingerprint density at radius 1 is 0.868 bits per heavy atom. The van der Waals surface area contributed by atoms with Crippen LogP contribution in [-0.2, 0) is 16.8 Å². The Morgan fingerprint density at radius 2 is 1.66 bits per heavy atom. The van der Waals surface area contributed by atoms with Crippen LogP contribution < -0.4 is 14.5 Å². The summed E-state index contributed by atoms with van der Waals surface area (Å²) in [6.07, 6.45) is 0.990. The summed E-state index contributed by atoms with van der Waals surface area (Å²) in [5.41, 5.74) is 6.81. The van der Waals surface area contributed by atoms with Crippen LogP contribution in [0.15, 0.2) is 84.9 Å². The predicted molar refractivity (Wildman–Crippen MR) is 150 cm³/mol. The fraction of sp³-hybridized carbons (Fsp3) is 0.242. The van der Waals surface area contributed by atoms with Crippen molar-refractivity contribution in [3.63, 3.8) is 0 Å². The zero-order valence-electron chi connectivity index (χ0n) is 21.9. The lowest BCUT2D eigenvalue weighted by atomic mass is 9.77. The molecule has 38 heavy (non-hydrogen) atoms. The first-order valence-corrected chi connectivity index (χ1v) is 13.5. The smallest absolute Gasteiger partial charge is 0.340 e. The molecule has 0 radical (unpaired) electrons. The molecule has 190 valence electrons. The Hall–Kier alpha value is -4.25. The van der Waals surface area contributed by atoms with Crippen molar-refractivity contribution >= 4 is 23.0 Å². The molecule has 0 bridgehead atoms. The lowest BCUT2D eigenvalue weighted by Crippen LogP contribution is -2.34. The third-order valence-electron chi connectivity index (χ3n) is 8.29. The van der Waals surface area contributed by atoms with Gasteiger partial charge < -0.3 is 19.3 Å². The minimum Gasteiger partial charge on any atom is -0.456 e. The van der Waals surface area contributed by atoms with E-state index in [4.69, 9.17) is 9.47 Å². The molecule has 4 aromatic rings. The Labute approximate surface area is 223 Å². The van der Waals surface area contributed by atoms with Crippen LogP contribution in [0.2, 0.25) is 0 Å². The van der Waals surface area contributed by atoms with Crippen molar-refractivity contribution in [3.05, 3.63) is 113 Å². The second-order valence-corrected chi connectivity index (χ2v) is 10.3. The van der Waals surface area contributed by atoms with E-state index in [0.717, 1.165) is 53.3 Å². The molecule has 0 saturated heterocycles. The third-order valence-corrected chi connectivity index (χ3v) is 8.29. The highest BCUT2D eigenvalue weighted by Crippen LogP contribution is 2.57. The number of nitrogens with zero attached hydrogens (tertiary/aromatic N) is 2. The summed E-state index contributed by atoms with van der Waals surface area (Å²) in [5.74, 6) is 1.12. The second kappa shape index (κ2) is 8.38. The summed E-state index contributed by atoms with van der Waals surface area (Å²) < 4.78 is 13.0. The number of carbonyl (C=O) groups excluding carboxylic acids is 1. The molecule has 5 nitrogen and oxygen atoms in total. The third kappa shape index (κ3) is 3.08. The molecule has 0 aromatic heterocycles. The molecule has 3 aliphatic heterocycles. The van der Waals surface area contributed by atoms with Crippen LogP contribution in [0.4, 0.5) is 17.1 Å². The summed E-state index contributed by atoms with van der Waals surface area (Å²) in [6.45, 7) is 8.34. The van der Waals surface area contributed by atoms with Crippen LogP contribution >= 0.6 is 0 Å². The van der Waals surface area contributed by atoms with Gasteiger partial charge in [-0.2, -0.15) is 0 Å². The molecule has 0 saturated carbocycles. The zero-order chi connectivity index (χ0) is 26.0. The Morgan fingerprint density at radius 3 is 2.50 bits per heavy atom. The van der Waals surface area contributed by atoms with E-state index in [2.05, 4.69) is 85.2 Å². The maximum Gasteiger partial charge on any atom is 0.340 e. The van der Waals surface area contributed by atoms with Crippen molar-refractivity contribution in [1.82, 2.24) is 0 Å². The fourth-order valence-electron chi connectivity index (χ4n) is 6.54. The minimum atomic E-state index is -1.07. The van der Waals surface area contributed by atoms with Crippen molar-refractivity contribution in [1.29, 1.82) is 0 Å². The first-order valence-electron chi connectivity index (χ1n) is 13.5. The van der Waals surface area contributed by atoms with Crippen LogP contribution in [-0.4, -0.2) is 25.1 Å². The average molecular weight is 503 g/mol. The average Bonchev–Trinajstić information content (AvgIpc) is 3.43. The van der Waals surface area contributed by atoms with Crippen molar-refractivity contribution in [2.24, 2.45) is 0 Å². The van der Waals surface area contributed by atoms with E-state index in [9.17, 15) is 4.79 Å². The molecule has 1 spiro atoms. The maximum atomic E-state index is 13.3. The van der Waals surface area contributed by atoms with Gasteiger partial charge in [-0.1, -0.05) is 36.4 Å². The summed E-state index contributed by atoms with van der Waals surface area (Å²) in [5, 5.41) is 0. The van der Waals surface area contributed by atoms with E-state index in [1.165, 1.54) is 11.3 Å². The number of hydrogen-bond donors (Lipinski definition) is 0. The Kier molecular flexibility index (Phi) is 5.05. The Bertz CT molecular complexity index is 1590. The van der Waals surface area contributed by atoms with Crippen LogP contribution in [0.3, 0.4) is 0 Å². The summed E-state index contributed by atoms with van der Waals surface area (Å²) in [6, 6.07) is 29.2. The van der Waals surface area contributed by atoms with Crippen molar-refractivity contribution in [2.75, 3.05) is 22.9 Å². The number of hydrogen-bond acceptors (Lipinski definition) is 5. The van der Waals surface area contributed by atoms with E-state index in [1.807, 2.05) is 30.3 Å². The molecule has 0 aliphatic carbocycles. The van der Waals surface area contributed by atoms with Gasteiger partial charge in [0.2, 0.25) is 0 Å². The highest BCUT2D eigenvalue weighted by atomic mass is 16.6. The topological polar surface area (TPSA) is 42.0 Å². The monoisotopic (exact) mass is 502 g/mol. The van der Waals surface area contributed by atoms with Gasteiger partial charge >= 0.3 is 5.97 Å². The van der Waals surface area contributed by atoms with Gasteiger partial charge in [-0.25, -0.2) is 4.79 Å². The molecule has 3 heterocycles. The van der Waals surface area contributed by atoms with E-state index >= 15 is 0 Å². The van der Waals surface area contributed by atoms with Crippen molar-refractivity contribution in [2.45, 2.75) is 38.8 Å². The van der Waals surface area contributed by atoms with E-state index in [0.29, 0.717) is 17.4 Å². The van der Waals surface area contributed by atoms with Crippen molar-refractivity contribution in [3.8, 4) is 11.5 Å². The van der Waals surface area contributed by atoms with E-state index in [1.54, 1.807) is 0 Å². The van der Waals surface area contributed by atoms with Gasteiger partial charge in [0.05, 0.1) is 5.56 Å². The molecule has 5 heteroatoms. The highest BCUT2D eigenvalue weighted by Gasteiger charge is 2.53. The largest absolute Gasteiger partial charge is 0.456 e. The molecule has 0 amide bonds. The van der Waals surface area contributed by atoms with Crippen LogP contribution in [0, 0.1) is 0 Å². The van der Waals surface area contributed by atoms with Gasteiger partial charge in [-0.15, -0.1) is 0 Å². The number of rotatable bonds is 4. The van der Waals surface area contributed by atoms with Gasteiger partial charge in [0.1, 0.15) is 11.5 Å². The lowest BCUT2D eigenvalue weighted by molar-refractivity contribution is 0.0224. The molecular formula is C33H30N2O3. The number of benzene rings is 4. The number of para-hydroxylation sites is 1. The van der Waals surface area contributed by atoms with Gasteiger partial charge in [0, 0.05) is 59.0 Å². The predicted octanol–water partition coefficient (Wildman–Crippen LogP) is 7.18. The standard InChI is InChI=1S/C33H30N2O3/c1-4-34(5-2)23-14-16-27-31(20-23)37-30-17-15-24(35-21(3)18-22-10-6-9-13-29(22)35)19-28(30)33(27)26-12-8-7-11-25(26)32(36)38-33/h6-17,19-21H,4-5,18H2,1-3H3. The van der Waals surface area contributed by atoms with Gasteiger partial charge in [0.15, 0.2) is 5.60 Å². The Balaban J connectivity index is 1.45. The number of esters is 1. The zero-order valence-corrected chi connectivity index (χ0v) is 21.9. The molecule has 7 rings (SSSR count). The van der Waals surface area contributed by atoms with Crippen molar-refractivity contribution < 1.29 is 14.3 Å². The minimum absolute atomic E-state index is 0.308. The van der Waals surface area contributed by atoms with E-state index < -0.39 is 5.60 Å². The summed E-state index contributed by atoms with van der Waals surface area (Å²) in [7, 11) is 0. The first-order chi connectivity index (χ1) is 18.5. The molecule has 2 atom stereocenters. The quantitative estimate of drug-likeness (QED) is 0.277. The highest BCUT2D eigenvalue weighted by molar-refractivity contribution is 5.97. The number of anilines is 3. The molecule has 3 aliphatic rings. The second-order valence-electron chi connectivity index (χ2n) is 10.3. The van der Waals surface area contributed by atoms with Gasteiger partial charge in [-0.3, -0.25) is 0 Å². The number of carbonyl (C=O) groups is 1. The summed E-state index contributed by atoms with van der Waals surface area (Å²) >= 11 is 0. The van der Waals surface area contributed by atoms with E-state index in [-0.39, 0.29) is 5.97 Å². The number of ether oxygens (including phenoxy) is 2. The maximum absolute atomic E-state index is 13.3. The van der Waals surface area contributed by atoms with Gasteiger partial charge in [-0.05, 0) is 75.2 Å². The molecular weight excluding hydrogens is 472 g/mol. The lowest BCUT2D eigenvalue weighted by Gasteiger charge is -2.38. The molecule has 4 aromatic carbocycles.